The number of fused-ring (bicyclic) bond motifs is 1. The molecule has 1 unspecified atom stereocenters. The van der Waals surface area contributed by atoms with Crippen LogP contribution in [0.15, 0.2) is 46.9 Å². The van der Waals surface area contributed by atoms with E-state index in [1.165, 1.54) is 5.56 Å². The number of hydrogen-bond donors (Lipinski definition) is 2. The number of benzene rings is 2. The smallest absolute Gasteiger partial charge is 0.262 e. The van der Waals surface area contributed by atoms with Gasteiger partial charge in [0.2, 0.25) is 0 Å². The van der Waals surface area contributed by atoms with E-state index in [-0.39, 0.29) is 24.5 Å². The van der Waals surface area contributed by atoms with Crippen LogP contribution in [0.5, 0.6) is 5.75 Å². The maximum Gasteiger partial charge on any atom is 0.262 e. The van der Waals surface area contributed by atoms with Gasteiger partial charge in [-0.1, -0.05) is 28.1 Å². The normalized spacial score (nSPS) is 14.1. The number of anilines is 1. The second-order valence-electron chi connectivity index (χ2n) is 6.09. The van der Waals surface area contributed by atoms with Gasteiger partial charge in [0.15, 0.2) is 6.61 Å². The van der Waals surface area contributed by atoms with Crippen molar-refractivity contribution in [1.82, 2.24) is 5.32 Å². The van der Waals surface area contributed by atoms with Gasteiger partial charge in [-0.15, -0.1) is 0 Å². The Morgan fingerprint density at radius 1 is 1.28 bits per heavy atom. The molecular weight excluding hydrogens is 384 g/mol. The van der Waals surface area contributed by atoms with Gasteiger partial charge < -0.3 is 15.4 Å². The summed E-state index contributed by atoms with van der Waals surface area (Å²) in [5.41, 5.74) is 2.35. The number of halogens is 1. The molecular formula is C19H19BrN2O3. The maximum absolute atomic E-state index is 12.4. The van der Waals surface area contributed by atoms with Gasteiger partial charge in [0.25, 0.3) is 11.8 Å². The van der Waals surface area contributed by atoms with E-state index in [9.17, 15) is 9.59 Å². The van der Waals surface area contributed by atoms with E-state index in [1.807, 2.05) is 19.1 Å². The summed E-state index contributed by atoms with van der Waals surface area (Å²) in [5.74, 6) is 0.188. The lowest BCUT2D eigenvalue weighted by Crippen LogP contribution is -2.33. The minimum atomic E-state index is -0.189. The third kappa shape index (κ3) is 4.60. The number of ether oxygens (including phenoxy) is 1. The molecule has 0 saturated heterocycles. The Kier molecular flexibility index (Phi) is 5.38. The largest absolute Gasteiger partial charge is 0.482 e. The molecule has 3 rings (SSSR count). The number of carbonyl (C=O) groups excluding carboxylic acids is 2. The Bertz CT molecular complexity index is 790. The fourth-order valence-corrected chi connectivity index (χ4v) is 2.89. The van der Waals surface area contributed by atoms with Crippen LogP contribution >= 0.6 is 15.9 Å². The van der Waals surface area contributed by atoms with Crippen molar-refractivity contribution in [2.75, 3.05) is 11.9 Å². The SMILES string of the molecule is CC(CCc1ccc(Br)cc1)NC(=O)c1ccc2c(c1)OCC(=O)N2. The van der Waals surface area contributed by atoms with Crippen LogP contribution in [0.4, 0.5) is 5.69 Å². The molecule has 0 bridgehead atoms. The number of hydrogen-bond acceptors (Lipinski definition) is 3. The molecule has 1 atom stereocenters. The molecule has 0 fully saturated rings. The van der Waals surface area contributed by atoms with Crippen LogP contribution in [0.3, 0.4) is 0 Å². The summed E-state index contributed by atoms with van der Waals surface area (Å²) in [5, 5.41) is 5.71. The zero-order valence-electron chi connectivity index (χ0n) is 13.8. The standard InChI is InChI=1S/C19H19BrN2O3/c1-12(2-3-13-4-7-15(20)8-5-13)21-19(24)14-6-9-16-17(10-14)25-11-18(23)22-16/h4-10,12H,2-3,11H2,1H3,(H,21,24)(H,22,23). The van der Waals surface area contributed by atoms with E-state index in [0.717, 1.165) is 17.3 Å². The number of nitrogens with one attached hydrogen (secondary N) is 2. The molecule has 2 aromatic rings. The molecule has 1 aliphatic rings. The number of aryl methyl sites for hydroxylation is 1. The van der Waals surface area contributed by atoms with Gasteiger partial charge in [-0.25, -0.2) is 0 Å². The van der Waals surface area contributed by atoms with Crippen molar-refractivity contribution >= 4 is 33.4 Å². The second-order valence-corrected chi connectivity index (χ2v) is 7.00. The summed E-state index contributed by atoms with van der Waals surface area (Å²) in [6.07, 6.45) is 1.75. The first-order valence-corrected chi connectivity index (χ1v) is 8.92. The van der Waals surface area contributed by atoms with E-state index in [2.05, 4.69) is 38.7 Å². The molecule has 25 heavy (non-hydrogen) atoms. The Labute approximate surface area is 154 Å². The van der Waals surface area contributed by atoms with Crippen LogP contribution in [0, 0.1) is 0 Å². The van der Waals surface area contributed by atoms with E-state index in [1.54, 1.807) is 18.2 Å². The van der Waals surface area contributed by atoms with E-state index < -0.39 is 0 Å². The fraction of sp³-hybridized carbons (Fsp3) is 0.263. The molecule has 5 nitrogen and oxygen atoms in total. The molecule has 1 aliphatic heterocycles. The minimum absolute atomic E-state index is 0.0261. The first-order chi connectivity index (χ1) is 12.0. The minimum Gasteiger partial charge on any atom is -0.482 e. The third-order valence-corrected chi connectivity index (χ3v) is 4.56. The Morgan fingerprint density at radius 3 is 2.80 bits per heavy atom. The van der Waals surface area contributed by atoms with Crippen LogP contribution < -0.4 is 15.4 Å². The molecule has 1 heterocycles. The Balaban J connectivity index is 1.56. The third-order valence-electron chi connectivity index (χ3n) is 4.03. The van der Waals surface area contributed by atoms with Crippen molar-refractivity contribution in [2.24, 2.45) is 0 Å². The van der Waals surface area contributed by atoms with Crippen LogP contribution in [-0.2, 0) is 11.2 Å². The van der Waals surface area contributed by atoms with Gasteiger partial charge >= 0.3 is 0 Å². The highest BCUT2D eigenvalue weighted by Crippen LogP contribution is 2.28. The van der Waals surface area contributed by atoms with Crippen molar-refractivity contribution in [3.05, 3.63) is 58.1 Å². The highest BCUT2D eigenvalue weighted by Gasteiger charge is 2.18. The maximum atomic E-state index is 12.4. The van der Waals surface area contributed by atoms with E-state index >= 15 is 0 Å². The average molecular weight is 403 g/mol. The molecule has 0 aliphatic carbocycles. The van der Waals surface area contributed by atoms with E-state index in [4.69, 9.17) is 4.74 Å². The molecule has 2 N–H and O–H groups in total. The highest BCUT2D eigenvalue weighted by atomic mass is 79.9. The van der Waals surface area contributed by atoms with Gasteiger partial charge in [-0.2, -0.15) is 0 Å². The van der Waals surface area contributed by atoms with Crippen LogP contribution in [-0.4, -0.2) is 24.5 Å². The molecule has 0 spiro atoms. The lowest BCUT2D eigenvalue weighted by molar-refractivity contribution is -0.118. The van der Waals surface area contributed by atoms with Gasteiger partial charge in [0.1, 0.15) is 5.75 Å². The molecule has 2 aromatic carbocycles. The summed E-state index contributed by atoms with van der Waals surface area (Å²) in [6.45, 7) is 1.97. The van der Waals surface area contributed by atoms with Crippen molar-refractivity contribution in [2.45, 2.75) is 25.8 Å². The summed E-state index contributed by atoms with van der Waals surface area (Å²) < 4.78 is 6.41. The first-order valence-electron chi connectivity index (χ1n) is 8.13. The fourth-order valence-electron chi connectivity index (χ4n) is 2.63. The number of rotatable bonds is 5. The zero-order chi connectivity index (χ0) is 17.8. The van der Waals surface area contributed by atoms with Crippen LogP contribution in [0.25, 0.3) is 0 Å². The summed E-state index contributed by atoms with van der Waals surface area (Å²) in [4.78, 5) is 23.7. The molecule has 0 radical (unpaired) electrons. The lowest BCUT2D eigenvalue weighted by Gasteiger charge is -2.19. The monoisotopic (exact) mass is 402 g/mol. The van der Waals surface area contributed by atoms with Crippen LogP contribution in [0.1, 0.15) is 29.3 Å². The summed E-state index contributed by atoms with van der Waals surface area (Å²) in [6, 6.07) is 13.3. The molecule has 0 saturated carbocycles. The van der Waals surface area contributed by atoms with Crippen molar-refractivity contribution in [3.8, 4) is 5.75 Å². The molecule has 6 heteroatoms. The van der Waals surface area contributed by atoms with Gasteiger partial charge in [0, 0.05) is 16.1 Å². The van der Waals surface area contributed by atoms with Crippen LogP contribution in [0.2, 0.25) is 0 Å². The predicted molar refractivity (Wildman–Crippen MR) is 100.0 cm³/mol. The zero-order valence-corrected chi connectivity index (χ0v) is 15.4. The molecule has 130 valence electrons. The second kappa shape index (κ2) is 7.70. The average Bonchev–Trinajstić information content (AvgIpc) is 2.60. The Hall–Kier alpha value is -2.34. The molecule has 0 aromatic heterocycles. The Morgan fingerprint density at radius 2 is 2.04 bits per heavy atom. The highest BCUT2D eigenvalue weighted by molar-refractivity contribution is 9.10. The lowest BCUT2D eigenvalue weighted by atomic mass is 10.1. The number of carbonyl (C=O) groups is 2. The quantitative estimate of drug-likeness (QED) is 0.803. The van der Waals surface area contributed by atoms with Crippen molar-refractivity contribution in [1.29, 1.82) is 0 Å². The predicted octanol–water partition coefficient (Wildman–Crippen LogP) is 3.53. The van der Waals surface area contributed by atoms with E-state index in [0.29, 0.717) is 17.0 Å². The first kappa shape index (κ1) is 17.5. The van der Waals surface area contributed by atoms with Crippen molar-refractivity contribution in [3.63, 3.8) is 0 Å². The summed E-state index contributed by atoms with van der Waals surface area (Å²) >= 11 is 3.42. The van der Waals surface area contributed by atoms with Gasteiger partial charge in [-0.3, -0.25) is 9.59 Å². The molecule has 2 amide bonds. The van der Waals surface area contributed by atoms with Crippen molar-refractivity contribution < 1.29 is 14.3 Å². The number of amides is 2. The van der Waals surface area contributed by atoms with Gasteiger partial charge in [-0.05, 0) is 55.7 Å². The van der Waals surface area contributed by atoms with Gasteiger partial charge in [0.05, 0.1) is 5.69 Å². The summed E-state index contributed by atoms with van der Waals surface area (Å²) in [7, 11) is 0. The topological polar surface area (TPSA) is 67.4 Å².